The standard InChI is InChI=1S/C32H31NO2SSi/c1-5-32(31(34)29-10-8-21-33(29)28-9-6-7-11-30(28)35-32)26-16-12-25(13-17-26)23-36-27-18-14-24(15-19-27)20-22-37(2,3)4/h6-19,21H,5,23H2,1-4H3. The number of carbonyl (C=O) groups excluding carboxylic acids is 1. The molecule has 1 aliphatic rings. The molecule has 0 saturated carbocycles. The molecule has 4 aromatic rings. The second-order valence-corrected chi connectivity index (χ2v) is 16.2. The number of hydrogen-bond donors (Lipinski definition) is 0. The molecule has 0 spiro atoms. The molecule has 0 bridgehead atoms. The normalized spacial score (nSPS) is 16.6. The van der Waals surface area contributed by atoms with Crippen LogP contribution in [0.1, 0.15) is 40.5 Å². The first-order chi connectivity index (χ1) is 17.8. The molecule has 3 aromatic carbocycles. The van der Waals surface area contributed by atoms with Crippen LogP contribution in [0.15, 0.2) is 96.0 Å². The number of carbonyl (C=O) groups is 1. The third kappa shape index (κ3) is 5.18. The van der Waals surface area contributed by atoms with Gasteiger partial charge in [-0.3, -0.25) is 4.79 Å². The number of ether oxygens (including phenoxy) is 1. The highest BCUT2D eigenvalue weighted by atomic mass is 32.2. The van der Waals surface area contributed by atoms with E-state index in [2.05, 4.69) is 67.5 Å². The fourth-order valence-corrected chi connectivity index (χ4v) is 5.89. The van der Waals surface area contributed by atoms with Crippen molar-refractivity contribution in [2.45, 2.75) is 49.2 Å². The van der Waals surface area contributed by atoms with E-state index in [1.165, 1.54) is 10.5 Å². The van der Waals surface area contributed by atoms with E-state index in [0.29, 0.717) is 17.9 Å². The molecule has 2 heterocycles. The van der Waals surface area contributed by atoms with E-state index in [4.69, 9.17) is 4.74 Å². The predicted octanol–water partition coefficient (Wildman–Crippen LogP) is 7.88. The second kappa shape index (κ2) is 10.1. The topological polar surface area (TPSA) is 31.2 Å². The summed E-state index contributed by atoms with van der Waals surface area (Å²) in [7, 11) is -1.37. The van der Waals surface area contributed by atoms with Crippen molar-refractivity contribution in [2.75, 3.05) is 0 Å². The Hall–Kier alpha value is -3.46. The van der Waals surface area contributed by atoms with Crippen LogP contribution in [-0.4, -0.2) is 18.4 Å². The zero-order valence-corrected chi connectivity index (χ0v) is 23.6. The number of benzene rings is 3. The number of fused-ring (bicyclic) bond motifs is 3. The summed E-state index contributed by atoms with van der Waals surface area (Å²) in [5, 5.41) is 0. The average Bonchev–Trinajstić information content (AvgIpc) is 3.36. The van der Waals surface area contributed by atoms with Gasteiger partial charge in [0.25, 0.3) is 0 Å². The molecule has 0 amide bonds. The molecule has 5 rings (SSSR count). The number of hydrogen-bond acceptors (Lipinski definition) is 3. The van der Waals surface area contributed by atoms with Crippen LogP contribution < -0.4 is 4.74 Å². The molecule has 3 nitrogen and oxygen atoms in total. The number of aromatic nitrogens is 1. The van der Waals surface area contributed by atoms with E-state index >= 15 is 0 Å². The van der Waals surface area contributed by atoms with Gasteiger partial charge in [0.1, 0.15) is 13.8 Å². The molecule has 0 N–H and O–H groups in total. The van der Waals surface area contributed by atoms with Gasteiger partial charge in [0, 0.05) is 28.0 Å². The molecule has 0 saturated heterocycles. The molecule has 1 unspecified atom stereocenters. The van der Waals surface area contributed by atoms with Gasteiger partial charge in [0.15, 0.2) is 5.60 Å². The molecule has 1 aliphatic heterocycles. The van der Waals surface area contributed by atoms with Gasteiger partial charge < -0.3 is 9.30 Å². The smallest absolute Gasteiger partial charge is 0.227 e. The fraction of sp³-hybridized carbons (Fsp3) is 0.219. The Kier molecular flexibility index (Phi) is 6.89. The zero-order chi connectivity index (χ0) is 26.0. The van der Waals surface area contributed by atoms with Gasteiger partial charge in [0.05, 0.1) is 11.4 Å². The van der Waals surface area contributed by atoms with Gasteiger partial charge in [-0.1, -0.05) is 68.9 Å². The van der Waals surface area contributed by atoms with Crippen molar-refractivity contribution in [2.24, 2.45) is 0 Å². The lowest BCUT2D eigenvalue weighted by atomic mass is 9.84. The fourth-order valence-electron chi connectivity index (χ4n) is 4.52. The van der Waals surface area contributed by atoms with E-state index < -0.39 is 13.7 Å². The van der Waals surface area contributed by atoms with Crippen molar-refractivity contribution in [1.29, 1.82) is 0 Å². The highest BCUT2D eigenvalue weighted by molar-refractivity contribution is 7.98. The van der Waals surface area contributed by atoms with E-state index in [1.807, 2.05) is 66.2 Å². The second-order valence-electron chi connectivity index (χ2n) is 10.4. The maximum atomic E-state index is 13.9. The van der Waals surface area contributed by atoms with Gasteiger partial charge >= 0.3 is 0 Å². The number of rotatable bonds is 5. The monoisotopic (exact) mass is 521 g/mol. The van der Waals surface area contributed by atoms with Crippen LogP contribution in [0.25, 0.3) is 5.69 Å². The average molecular weight is 522 g/mol. The Balaban J connectivity index is 1.36. The summed E-state index contributed by atoms with van der Waals surface area (Å²) >= 11 is 1.80. The molecule has 1 aromatic heterocycles. The van der Waals surface area contributed by atoms with Gasteiger partial charge in [-0.2, -0.15) is 0 Å². The minimum absolute atomic E-state index is 0.0179. The molecule has 1 atom stereocenters. The van der Waals surface area contributed by atoms with E-state index in [1.54, 1.807) is 11.8 Å². The number of nitrogens with zero attached hydrogens (tertiary/aromatic N) is 1. The quantitative estimate of drug-likeness (QED) is 0.152. The van der Waals surface area contributed by atoms with E-state index in [-0.39, 0.29) is 5.78 Å². The lowest BCUT2D eigenvalue weighted by Gasteiger charge is -2.31. The third-order valence-corrected chi connectivity index (χ3v) is 8.48. The summed E-state index contributed by atoms with van der Waals surface area (Å²) < 4.78 is 8.50. The van der Waals surface area contributed by atoms with Crippen LogP contribution in [0.3, 0.4) is 0 Å². The molecular weight excluding hydrogens is 491 g/mol. The van der Waals surface area contributed by atoms with Crippen molar-refractivity contribution >= 4 is 25.6 Å². The molecule has 0 aliphatic carbocycles. The molecule has 0 fully saturated rings. The highest BCUT2D eigenvalue weighted by Crippen LogP contribution is 2.41. The van der Waals surface area contributed by atoms with E-state index in [9.17, 15) is 4.79 Å². The predicted molar refractivity (Wildman–Crippen MR) is 155 cm³/mol. The molecule has 37 heavy (non-hydrogen) atoms. The maximum absolute atomic E-state index is 13.9. The Bertz CT molecular complexity index is 1490. The van der Waals surface area contributed by atoms with E-state index in [0.717, 1.165) is 22.6 Å². The van der Waals surface area contributed by atoms with Gasteiger partial charge in [-0.25, -0.2) is 0 Å². The lowest BCUT2D eigenvalue weighted by molar-refractivity contribution is 0.0424. The summed E-state index contributed by atoms with van der Waals surface area (Å²) in [4.78, 5) is 15.1. The third-order valence-electron chi connectivity index (χ3n) is 6.52. The largest absolute Gasteiger partial charge is 0.472 e. The Morgan fingerprint density at radius 1 is 0.919 bits per heavy atom. The summed E-state index contributed by atoms with van der Waals surface area (Å²) in [6.45, 7) is 8.78. The number of Topliss-reactive ketones (excluding diaryl/α,β-unsaturated/α-hetero) is 1. The van der Waals surface area contributed by atoms with Crippen LogP contribution >= 0.6 is 11.8 Å². The first-order valence-corrected chi connectivity index (χ1v) is 17.1. The zero-order valence-electron chi connectivity index (χ0n) is 21.7. The molecular formula is C32H31NO2SSi. The minimum atomic E-state index is -1.37. The van der Waals surface area contributed by atoms with Gasteiger partial charge in [0.2, 0.25) is 5.78 Å². The number of thioether (sulfide) groups is 1. The van der Waals surface area contributed by atoms with Crippen LogP contribution in [0.4, 0.5) is 0 Å². The van der Waals surface area contributed by atoms with Crippen LogP contribution in [0.2, 0.25) is 19.6 Å². The van der Waals surface area contributed by atoms with Crippen molar-refractivity contribution < 1.29 is 9.53 Å². The molecule has 186 valence electrons. The number of ketones is 1. The Morgan fingerprint density at radius 3 is 2.35 bits per heavy atom. The lowest BCUT2D eigenvalue weighted by Crippen LogP contribution is -2.41. The minimum Gasteiger partial charge on any atom is -0.472 e. The summed E-state index contributed by atoms with van der Waals surface area (Å²) in [6, 6.07) is 28.5. The van der Waals surface area contributed by atoms with Gasteiger partial charge in [-0.15, -0.1) is 17.3 Å². The van der Waals surface area contributed by atoms with Crippen molar-refractivity contribution in [1.82, 2.24) is 4.57 Å². The summed E-state index contributed by atoms with van der Waals surface area (Å²) in [6.07, 6.45) is 2.46. The van der Waals surface area contributed by atoms with Crippen LogP contribution in [0, 0.1) is 11.5 Å². The SMILES string of the molecule is CCC1(c2ccc(CSc3ccc(C#C[Si](C)(C)C)cc3)cc2)Oc2ccccc2-n2cccc2C1=O. The maximum Gasteiger partial charge on any atom is 0.227 e. The van der Waals surface area contributed by atoms with Crippen molar-refractivity contribution in [3.8, 4) is 22.9 Å². The number of para-hydroxylation sites is 2. The van der Waals surface area contributed by atoms with Crippen molar-refractivity contribution in [3.05, 3.63) is 114 Å². The first kappa shape index (κ1) is 25.2. The first-order valence-electron chi connectivity index (χ1n) is 12.7. The van der Waals surface area contributed by atoms with Crippen LogP contribution in [0.5, 0.6) is 5.75 Å². The van der Waals surface area contributed by atoms with Gasteiger partial charge in [-0.05, 0) is 60.5 Å². The Morgan fingerprint density at radius 2 is 1.65 bits per heavy atom. The Labute approximate surface area is 224 Å². The summed E-state index contributed by atoms with van der Waals surface area (Å²) in [5.74, 6) is 4.85. The molecule has 0 radical (unpaired) electrons. The molecule has 5 heteroatoms. The van der Waals surface area contributed by atoms with Crippen LogP contribution in [-0.2, 0) is 11.4 Å². The highest BCUT2D eigenvalue weighted by Gasteiger charge is 2.45. The summed E-state index contributed by atoms with van der Waals surface area (Å²) in [5.41, 5.74) is 7.03. The van der Waals surface area contributed by atoms with Crippen molar-refractivity contribution in [3.63, 3.8) is 0 Å².